The van der Waals surface area contributed by atoms with E-state index in [2.05, 4.69) is 4.98 Å². The molecule has 146 valence electrons. The Morgan fingerprint density at radius 3 is 2.33 bits per heavy atom. The smallest absolute Gasteiger partial charge is 0.243 e. The van der Waals surface area contributed by atoms with Gasteiger partial charge >= 0.3 is 0 Å². The lowest BCUT2D eigenvalue weighted by Gasteiger charge is -2.33. The summed E-state index contributed by atoms with van der Waals surface area (Å²) in [5.41, 5.74) is 2.88. The highest BCUT2D eigenvalue weighted by molar-refractivity contribution is 7.89. The summed E-state index contributed by atoms with van der Waals surface area (Å²) in [7, 11) is -3.67. The molecular weight excluding hydrogens is 369 g/mol. The minimum atomic E-state index is -3.67. The van der Waals surface area contributed by atoms with Crippen molar-refractivity contribution in [2.45, 2.75) is 25.7 Å². The molecule has 0 bridgehead atoms. The number of carbonyl (C=O) groups is 1. The Morgan fingerprint density at radius 1 is 1.11 bits per heavy atom. The summed E-state index contributed by atoms with van der Waals surface area (Å²) in [4.78, 5) is 17.7. The van der Waals surface area contributed by atoms with Crippen LogP contribution in [0.5, 0.6) is 0 Å². The fraction of sp³-hybridized carbons (Fsp3) is 0.421. The molecule has 1 aromatic heterocycles. The molecule has 1 aliphatic heterocycles. The lowest BCUT2D eigenvalue weighted by Crippen LogP contribution is -2.49. The van der Waals surface area contributed by atoms with E-state index in [1.54, 1.807) is 6.92 Å². The number of hydrogen-bond donors (Lipinski definition) is 1. The summed E-state index contributed by atoms with van der Waals surface area (Å²) in [5, 5.41) is 0. The van der Waals surface area contributed by atoms with Crippen LogP contribution in [0.3, 0.4) is 0 Å². The number of nitrogens with one attached hydrogen (secondary N) is 1. The van der Waals surface area contributed by atoms with E-state index < -0.39 is 15.8 Å². The minimum absolute atomic E-state index is 0.0301. The number of piperazine rings is 1. The van der Waals surface area contributed by atoms with Gasteiger partial charge in [-0.15, -0.1) is 0 Å². The van der Waals surface area contributed by atoms with Crippen LogP contribution in [0.4, 0.5) is 4.39 Å². The molecule has 1 saturated heterocycles. The van der Waals surface area contributed by atoms with Crippen LogP contribution in [0.15, 0.2) is 29.2 Å². The number of sulfonamides is 1. The van der Waals surface area contributed by atoms with Crippen LogP contribution in [0.25, 0.3) is 0 Å². The number of H-pyrrole nitrogens is 1. The summed E-state index contributed by atoms with van der Waals surface area (Å²) in [6, 6.07) is 5.54. The van der Waals surface area contributed by atoms with Gasteiger partial charge in [-0.1, -0.05) is 0 Å². The van der Waals surface area contributed by atoms with Gasteiger partial charge in [-0.25, -0.2) is 12.8 Å². The van der Waals surface area contributed by atoms with Gasteiger partial charge < -0.3 is 4.98 Å². The van der Waals surface area contributed by atoms with Crippen molar-refractivity contribution in [1.29, 1.82) is 0 Å². The number of ketones is 1. The van der Waals surface area contributed by atoms with Crippen LogP contribution < -0.4 is 0 Å². The first-order valence-electron chi connectivity index (χ1n) is 8.86. The Labute approximate surface area is 159 Å². The average Bonchev–Trinajstić information content (AvgIpc) is 2.93. The van der Waals surface area contributed by atoms with Gasteiger partial charge in [-0.2, -0.15) is 4.31 Å². The quantitative estimate of drug-likeness (QED) is 0.791. The highest BCUT2D eigenvalue weighted by Crippen LogP contribution is 2.22. The molecule has 1 aliphatic rings. The normalized spacial score (nSPS) is 16.6. The van der Waals surface area contributed by atoms with Crippen molar-refractivity contribution in [2.24, 2.45) is 0 Å². The van der Waals surface area contributed by atoms with Crippen molar-refractivity contribution >= 4 is 15.8 Å². The van der Waals surface area contributed by atoms with E-state index in [0.29, 0.717) is 37.3 Å². The summed E-state index contributed by atoms with van der Waals surface area (Å²) < 4.78 is 40.3. The van der Waals surface area contributed by atoms with Gasteiger partial charge in [0.1, 0.15) is 5.82 Å². The summed E-state index contributed by atoms with van der Waals surface area (Å²) in [6.45, 7) is 7.20. The van der Waals surface area contributed by atoms with E-state index in [0.717, 1.165) is 17.5 Å². The number of aromatic amines is 1. The van der Waals surface area contributed by atoms with Crippen LogP contribution in [0.2, 0.25) is 0 Å². The molecule has 0 saturated carbocycles. The maximum atomic E-state index is 13.3. The van der Waals surface area contributed by atoms with Crippen molar-refractivity contribution in [3.8, 4) is 0 Å². The van der Waals surface area contributed by atoms with Gasteiger partial charge in [0.25, 0.3) is 0 Å². The van der Waals surface area contributed by atoms with E-state index >= 15 is 0 Å². The third-order valence-electron chi connectivity index (χ3n) is 4.90. The monoisotopic (exact) mass is 393 g/mol. The number of halogens is 1. The van der Waals surface area contributed by atoms with Crippen molar-refractivity contribution in [3.05, 3.63) is 52.6 Å². The molecule has 0 atom stereocenters. The Morgan fingerprint density at radius 2 is 1.78 bits per heavy atom. The first kappa shape index (κ1) is 19.7. The zero-order valence-corrected chi connectivity index (χ0v) is 16.6. The highest BCUT2D eigenvalue weighted by atomic mass is 32.2. The molecule has 8 heteroatoms. The van der Waals surface area contributed by atoms with Gasteiger partial charge in [-0.05, 0) is 50.6 Å². The van der Waals surface area contributed by atoms with Gasteiger partial charge in [0, 0.05) is 43.1 Å². The van der Waals surface area contributed by atoms with Crippen molar-refractivity contribution in [3.63, 3.8) is 0 Å². The molecule has 6 nitrogen and oxygen atoms in total. The average molecular weight is 393 g/mol. The summed E-state index contributed by atoms with van der Waals surface area (Å²) >= 11 is 0. The fourth-order valence-corrected chi connectivity index (χ4v) is 5.10. The number of aromatic nitrogens is 1. The second-order valence-corrected chi connectivity index (χ2v) is 8.91. The van der Waals surface area contributed by atoms with E-state index in [1.807, 2.05) is 24.8 Å². The molecule has 0 aliphatic carbocycles. The van der Waals surface area contributed by atoms with Gasteiger partial charge in [0.05, 0.1) is 11.4 Å². The van der Waals surface area contributed by atoms with Crippen molar-refractivity contribution < 1.29 is 17.6 Å². The first-order valence-corrected chi connectivity index (χ1v) is 10.3. The maximum Gasteiger partial charge on any atom is 0.243 e. The number of nitrogens with zero attached hydrogens (tertiary/aromatic N) is 2. The molecule has 0 radical (unpaired) electrons. The maximum absolute atomic E-state index is 13.3. The molecule has 0 unspecified atom stereocenters. The molecule has 2 aromatic rings. The SMILES string of the molecule is Cc1cc(C(=O)CN2CCN(S(=O)(=O)c3ccc(F)cc3C)CC2)c(C)[nH]1. The molecule has 1 N–H and O–H groups in total. The Balaban J connectivity index is 1.64. The van der Waals surface area contributed by atoms with Crippen LogP contribution in [0, 0.1) is 26.6 Å². The number of Topliss-reactive ketones (excluding diaryl/α,β-unsaturated/α-hetero) is 1. The van der Waals surface area contributed by atoms with Crippen LogP contribution >= 0.6 is 0 Å². The summed E-state index contributed by atoms with van der Waals surface area (Å²) in [5.74, 6) is -0.424. The molecule has 27 heavy (non-hydrogen) atoms. The minimum Gasteiger partial charge on any atom is -0.362 e. The van der Waals surface area contributed by atoms with Crippen molar-refractivity contribution in [1.82, 2.24) is 14.2 Å². The van der Waals surface area contributed by atoms with E-state index in [1.165, 1.54) is 16.4 Å². The van der Waals surface area contributed by atoms with Crippen LogP contribution in [-0.4, -0.2) is 61.1 Å². The number of aryl methyl sites for hydroxylation is 3. The molecule has 2 heterocycles. The molecule has 0 amide bonds. The van der Waals surface area contributed by atoms with Gasteiger partial charge in [0.15, 0.2) is 5.78 Å². The molecule has 1 fully saturated rings. The predicted octanol–water partition coefficient (Wildman–Crippen LogP) is 2.27. The number of hydrogen-bond acceptors (Lipinski definition) is 4. The van der Waals surface area contributed by atoms with Gasteiger partial charge in [-0.3, -0.25) is 9.69 Å². The second-order valence-electron chi connectivity index (χ2n) is 7.00. The molecule has 3 rings (SSSR count). The molecule has 1 aromatic carbocycles. The Hall–Kier alpha value is -2.03. The second kappa shape index (κ2) is 7.53. The third kappa shape index (κ3) is 4.12. The van der Waals surface area contributed by atoms with Crippen LogP contribution in [0.1, 0.15) is 27.3 Å². The number of benzene rings is 1. The molecule has 0 spiro atoms. The zero-order chi connectivity index (χ0) is 19.8. The highest BCUT2D eigenvalue weighted by Gasteiger charge is 2.30. The largest absolute Gasteiger partial charge is 0.362 e. The lowest BCUT2D eigenvalue weighted by molar-refractivity contribution is 0.0901. The van der Waals surface area contributed by atoms with Crippen LogP contribution in [-0.2, 0) is 10.0 Å². The van der Waals surface area contributed by atoms with Gasteiger partial charge in [0.2, 0.25) is 10.0 Å². The standard InChI is InChI=1S/C19H24FN3O3S/c1-13-10-16(20)4-5-19(13)27(25,26)23-8-6-22(7-9-23)12-18(24)17-11-14(2)21-15(17)3/h4-5,10-11,21H,6-9,12H2,1-3H3. The number of rotatable bonds is 5. The topological polar surface area (TPSA) is 73.5 Å². The summed E-state index contributed by atoms with van der Waals surface area (Å²) in [6.07, 6.45) is 0. The van der Waals surface area contributed by atoms with E-state index in [-0.39, 0.29) is 17.2 Å². The Kier molecular flexibility index (Phi) is 5.50. The zero-order valence-electron chi connectivity index (χ0n) is 15.8. The van der Waals surface area contributed by atoms with Crippen molar-refractivity contribution in [2.75, 3.05) is 32.7 Å². The molecular formula is C19H24FN3O3S. The third-order valence-corrected chi connectivity index (χ3v) is 6.96. The first-order chi connectivity index (χ1) is 12.7. The Bertz CT molecular complexity index is 961. The number of carbonyl (C=O) groups excluding carboxylic acids is 1. The predicted molar refractivity (Wildman–Crippen MR) is 101 cm³/mol. The fourth-order valence-electron chi connectivity index (χ4n) is 3.47. The lowest BCUT2D eigenvalue weighted by atomic mass is 10.1. The van der Waals surface area contributed by atoms with E-state index in [9.17, 15) is 17.6 Å². The van der Waals surface area contributed by atoms with E-state index in [4.69, 9.17) is 0 Å².